The lowest BCUT2D eigenvalue weighted by atomic mass is 9.92. The van der Waals surface area contributed by atoms with E-state index >= 15 is 0 Å². The van der Waals surface area contributed by atoms with Crippen molar-refractivity contribution in [1.82, 2.24) is 9.88 Å². The maximum atomic E-state index is 6.23. The highest BCUT2D eigenvalue weighted by atomic mass is 32.1. The first kappa shape index (κ1) is 12.6. The highest BCUT2D eigenvalue weighted by Crippen LogP contribution is 2.41. The Balaban J connectivity index is 1.40. The number of thiazole rings is 1. The van der Waals surface area contributed by atoms with Crippen molar-refractivity contribution in [3.8, 4) is 0 Å². The Kier molecular flexibility index (Phi) is 3.34. The van der Waals surface area contributed by atoms with Crippen LogP contribution in [0.1, 0.15) is 29.7 Å². The van der Waals surface area contributed by atoms with Crippen molar-refractivity contribution >= 4 is 11.3 Å². The summed E-state index contributed by atoms with van der Waals surface area (Å²) in [5, 5.41) is 3.17. The first-order valence-electron chi connectivity index (χ1n) is 7.18. The smallest absolute Gasteiger partial charge is 0.121 e. The fourth-order valence-electron chi connectivity index (χ4n) is 3.31. The van der Waals surface area contributed by atoms with Gasteiger partial charge in [-0.3, -0.25) is 4.90 Å². The molecule has 2 aromatic heterocycles. The molecule has 2 aliphatic heterocycles. The summed E-state index contributed by atoms with van der Waals surface area (Å²) in [5.41, 5.74) is 0. The van der Waals surface area contributed by atoms with Crippen molar-refractivity contribution in [2.24, 2.45) is 5.92 Å². The van der Waals surface area contributed by atoms with Gasteiger partial charge in [-0.25, -0.2) is 4.98 Å². The van der Waals surface area contributed by atoms with Crippen LogP contribution in [-0.2, 0) is 11.3 Å². The van der Waals surface area contributed by atoms with Gasteiger partial charge in [-0.05, 0) is 37.4 Å². The largest absolute Gasteiger partial charge is 0.468 e. The Labute approximate surface area is 122 Å². The van der Waals surface area contributed by atoms with Gasteiger partial charge in [0.1, 0.15) is 16.9 Å². The van der Waals surface area contributed by atoms with Gasteiger partial charge in [0.25, 0.3) is 0 Å². The highest BCUT2D eigenvalue weighted by Gasteiger charge is 2.40. The molecule has 2 fully saturated rings. The van der Waals surface area contributed by atoms with E-state index in [1.807, 2.05) is 23.7 Å². The zero-order valence-corrected chi connectivity index (χ0v) is 12.1. The van der Waals surface area contributed by atoms with Crippen LogP contribution in [0.5, 0.6) is 0 Å². The number of hydrogen-bond donors (Lipinski definition) is 0. The van der Waals surface area contributed by atoms with Gasteiger partial charge >= 0.3 is 0 Å². The molecule has 106 valence electrons. The van der Waals surface area contributed by atoms with Gasteiger partial charge in [-0.15, -0.1) is 11.3 Å². The predicted molar refractivity (Wildman–Crippen MR) is 76.4 cm³/mol. The molecule has 0 aliphatic carbocycles. The number of aromatic nitrogens is 1. The molecule has 0 saturated carbocycles. The molecule has 3 atom stereocenters. The van der Waals surface area contributed by atoms with Gasteiger partial charge in [0.15, 0.2) is 0 Å². The number of fused-ring (bicyclic) bond motifs is 1. The molecule has 0 aromatic carbocycles. The molecule has 0 spiro atoms. The summed E-state index contributed by atoms with van der Waals surface area (Å²) in [6.07, 6.45) is 6.53. The summed E-state index contributed by atoms with van der Waals surface area (Å²) in [6.45, 7) is 3.03. The van der Waals surface area contributed by atoms with E-state index in [-0.39, 0.29) is 6.10 Å². The highest BCUT2D eigenvalue weighted by molar-refractivity contribution is 7.09. The van der Waals surface area contributed by atoms with E-state index in [1.165, 1.54) is 6.42 Å². The third-order valence-corrected chi connectivity index (χ3v) is 5.19. The summed E-state index contributed by atoms with van der Waals surface area (Å²) >= 11 is 1.71. The lowest BCUT2D eigenvalue weighted by Gasteiger charge is -2.33. The van der Waals surface area contributed by atoms with E-state index < -0.39 is 0 Å². The Bertz CT molecular complexity index is 540. The first-order chi connectivity index (χ1) is 9.88. The van der Waals surface area contributed by atoms with E-state index in [2.05, 4.69) is 9.88 Å². The Morgan fingerprint density at radius 2 is 2.45 bits per heavy atom. The maximum Gasteiger partial charge on any atom is 0.121 e. The molecular formula is C15H18N2O2S. The van der Waals surface area contributed by atoms with E-state index in [1.54, 1.807) is 17.6 Å². The van der Waals surface area contributed by atoms with Crippen molar-refractivity contribution in [3.63, 3.8) is 0 Å². The zero-order chi connectivity index (χ0) is 13.4. The number of nitrogens with zero attached hydrogens (tertiary/aromatic N) is 2. The predicted octanol–water partition coefficient (Wildman–Crippen LogP) is 3.09. The molecule has 0 unspecified atom stereocenters. The summed E-state index contributed by atoms with van der Waals surface area (Å²) in [6, 6.07) is 3.99. The summed E-state index contributed by atoms with van der Waals surface area (Å²) < 4.78 is 11.7. The van der Waals surface area contributed by atoms with Gasteiger partial charge in [0, 0.05) is 18.1 Å². The molecule has 0 amide bonds. The van der Waals surface area contributed by atoms with Crippen LogP contribution in [0.25, 0.3) is 0 Å². The fraction of sp³-hybridized carbons (Fsp3) is 0.533. The topological polar surface area (TPSA) is 38.5 Å². The fourth-order valence-corrected chi connectivity index (χ4v) is 4.00. The van der Waals surface area contributed by atoms with E-state index in [9.17, 15) is 0 Å². The van der Waals surface area contributed by atoms with Crippen molar-refractivity contribution in [2.75, 3.05) is 13.1 Å². The van der Waals surface area contributed by atoms with Crippen LogP contribution >= 0.6 is 11.3 Å². The van der Waals surface area contributed by atoms with Crippen molar-refractivity contribution in [2.45, 2.75) is 31.6 Å². The van der Waals surface area contributed by atoms with E-state index in [4.69, 9.17) is 9.15 Å². The van der Waals surface area contributed by atoms with Crippen LogP contribution in [-0.4, -0.2) is 29.1 Å². The summed E-state index contributed by atoms with van der Waals surface area (Å²) in [7, 11) is 0. The Hall–Kier alpha value is -1.17. The standard InChI is InChI=1S/C15H18N2O2S/c1-2-12(18-6-1)9-17-5-3-11-8-13(19-14(11)10-17)15-16-4-7-20-15/h1-2,4,6-7,11,13-14H,3,5,8-10H2/t11-,13-,14+/m1/s1. The number of hydrogen-bond acceptors (Lipinski definition) is 5. The van der Waals surface area contributed by atoms with E-state index in [0.717, 1.165) is 36.8 Å². The minimum absolute atomic E-state index is 0.216. The molecule has 20 heavy (non-hydrogen) atoms. The minimum atomic E-state index is 0.216. The van der Waals surface area contributed by atoms with Crippen molar-refractivity contribution in [3.05, 3.63) is 40.7 Å². The normalized spacial score (nSPS) is 30.5. The molecular weight excluding hydrogens is 272 g/mol. The quantitative estimate of drug-likeness (QED) is 0.870. The lowest BCUT2D eigenvalue weighted by Crippen LogP contribution is -2.41. The molecule has 2 aromatic rings. The second kappa shape index (κ2) is 5.31. The number of rotatable bonds is 3. The number of piperidine rings is 1. The molecule has 4 nitrogen and oxygen atoms in total. The van der Waals surface area contributed by atoms with Gasteiger partial charge in [-0.1, -0.05) is 0 Å². The molecule has 2 aliphatic rings. The van der Waals surface area contributed by atoms with Gasteiger partial charge in [0.05, 0.1) is 18.9 Å². The average molecular weight is 290 g/mol. The first-order valence-corrected chi connectivity index (χ1v) is 8.06. The average Bonchev–Trinajstić information content (AvgIpc) is 3.19. The molecule has 4 heterocycles. The van der Waals surface area contributed by atoms with E-state index in [0.29, 0.717) is 12.0 Å². The van der Waals surface area contributed by atoms with Gasteiger partial charge in [0.2, 0.25) is 0 Å². The molecule has 0 N–H and O–H groups in total. The second-order valence-electron chi connectivity index (χ2n) is 5.63. The van der Waals surface area contributed by atoms with Gasteiger partial charge in [-0.2, -0.15) is 0 Å². The SMILES string of the molecule is c1coc(CN2CC[C@@H]3C[C@H](c4nccs4)O[C@H]3C2)c1. The number of ether oxygens (including phenoxy) is 1. The Morgan fingerprint density at radius 1 is 1.45 bits per heavy atom. The van der Waals surface area contributed by atoms with Crippen LogP contribution in [0.3, 0.4) is 0 Å². The summed E-state index contributed by atoms with van der Waals surface area (Å²) in [5.74, 6) is 1.73. The number of furan rings is 1. The van der Waals surface area contributed by atoms with Crippen LogP contribution in [0, 0.1) is 5.92 Å². The van der Waals surface area contributed by atoms with Crippen molar-refractivity contribution in [1.29, 1.82) is 0 Å². The molecule has 0 bridgehead atoms. The molecule has 2 saturated heterocycles. The zero-order valence-electron chi connectivity index (χ0n) is 11.3. The Morgan fingerprint density at radius 3 is 3.25 bits per heavy atom. The second-order valence-corrected chi connectivity index (χ2v) is 6.56. The number of likely N-dealkylation sites (tertiary alicyclic amines) is 1. The molecule has 0 radical (unpaired) electrons. The monoisotopic (exact) mass is 290 g/mol. The van der Waals surface area contributed by atoms with Crippen LogP contribution in [0.15, 0.2) is 34.4 Å². The maximum absolute atomic E-state index is 6.23. The molecule has 4 rings (SSSR count). The van der Waals surface area contributed by atoms with Crippen LogP contribution < -0.4 is 0 Å². The van der Waals surface area contributed by atoms with Crippen molar-refractivity contribution < 1.29 is 9.15 Å². The molecule has 5 heteroatoms. The van der Waals surface area contributed by atoms with Crippen LogP contribution in [0.4, 0.5) is 0 Å². The third kappa shape index (κ3) is 2.41. The lowest BCUT2D eigenvalue weighted by molar-refractivity contribution is -0.0107. The van der Waals surface area contributed by atoms with Gasteiger partial charge < -0.3 is 9.15 Å². The summed E-state index contributed by atoms with van der Waals surface area (Å²) in [4.78, 5) is 6.84. The van der Waals surface area contributed by atoms with Crippen LogP contribution in [0.2, 0.25) is 0 Å². The minimum Gasteiger partial charge on any atom is -0.468 e. The third-order valence-electron chi connectivity index (χ3n) is 4.32.